The Hall–Kier alpha value is -1.27. The van der Waals surface area contributed by atoms with Crippen LogP contribution in [0.5, 0.6) is 0 Å². The molecule has 1 atom stereocenters. The van der Waals surface area contributed by atoms with Crippen LogP contribution in [0.25, 0.3) is 0 Å². The Morgan fingerprint density at radius 2 is 1.50 bits per heavy atom. The third-order valence-corrected chi connectivity index (χ3v) is 3.84. The number of carboxylic acids is 1. The zero-order valence-corrected chi connectivity index (χ0v) is 11.4. The van der Waals surface area contributed by atoms with Crippen LogP contribution >= 0.6 is 0 Å². The minimum atomic E-state index is -5.03. The van der Waals surface area contributed by atoms with Gasteiger partial charge in [-0.25, -0.2) is 4.79 Å². The number of carboxylic acid groups (broad SMARTS) is 1. The Bertz CT molecular complexity index is 362. The molecule has 1 fully saturated rings. The summed E-state index contributed by atoms with van der Waals surface area (Å²) in [6.07, 6.45) is 0.554. The Kier molecular flexibility index (Phi) is 5.42. The maximum Gasteiger partial charge on any atom is 0.422 e. The molecule has 0 saturated heterocycles. The van der Waals surface area contributed by atoms with E-state index in [2.05, 4.69) is 0 Å². The molecule has 0 aliphatic heterocycles. The molecular weight excluding hydrogens is 275 g/mol. The molecular formula is C13H20F3NO3. The number of carbonyl (C=O) groups excluding carboxylic acids is 1. The van der Waals surface area contributed by atoms with Gasteiger partial charge in [-0.1, -0.05) is 32.1 Å². The van der Waals surface area contributed by atoms with Crippen molar-refractivity contribution in [2.75, 3.05) is 0 Å². The number of aliphatic carboxylic acids is 1. The second-order valence-corrected chi connectivity index (χ2v) is 5.46. The van der Waals surface area contributed by atoms with Crippen molar-refractivity contribution >= 4 is 11.9 Å². The van der Waals surface area contributed by atoms with Crippen LogP contribution in [0.15, 0.2) is 0 Å². The van der Waals surface area contributed by atoms with Gasteiger partial charge in [0.05, 0.1) is 0 Å². The summed E-state index contributed by atoms with van der Waals surface area (Å²) in [4.78, 5) is 22.8. The third kappa shape index (κ3) is 3.86. The first-order chi connectivity index (χ1) is 9.18. The summed E-state index contributed by atoms with van der Waals surface area (Å²) in [6, 6.07) is 0. The van der Waals surface area contributed by atoms with Crippen molar-refractivity contribution in [3.63, 3.8) is 0 Å². The highest BCUT2D eigenvalue weighted by molar-refractivity contribution is 5.88. The second kappa shape index (κ2) is 6.45. The average molecular weight is 295 g/mol. The maximum absolute atomic E-state index is 12.8. The lowest BCUT2D eigenvalue weighted by atomic mass is 9.89. The quantitative estimate of drug-likeness (QED) is 0.841. The number of rotatable bonds is 3. The van der Waals surface area contributed by atoms with Gasteiger partial charge in [0.1, 0.15) is 0 Å². The predicted molar refractivity (Wildman–Crippen MR) is 66.0 cm³/mol. The molecule has 0 radical (unpaired) electrons. The van der Waals surface area contributed by atoms with Gasteiger partial charge < -0.3 is 10.4 Å². The molecule has 2 N–H and O–H groups in total. The fraction of sp³-hybridized carbons (Fsp3) is 0.846. The van der Waals surface area contributed by atoms with Gasteiger partial charge >= 0.3 is 12.1 Å². The number of hydrogen-bond acceptors (Lipinski definition) is 2. The fourth-order valence-corrected chi connectivity index (χ4v) is 2.31. The van der Waals surface area contributed by atoms with Gasteiger partial charge in [-0.2, -0.15) is 13.2 Å². The lowest BCUT2D eigenvalue weighted by Crippen LogP contribution is -2.62. The van der Waals surface area contributed by atoms with Crippen LogP contribution in [0.3, 0.4) is 0 Å². The molecule has 0 aromatic heterocycles. The van der Waals surface area contributed by atoms with Crippen LogP contribution < -0.4 is 5.32 Å². The molecule has 0 bridgehead atoms. The van der Waals surface area contributed by atoms with E-state index in [1.165, 1.54) is 0 Å². The minimum Gasteiger partial charge on any atom is -0.479 e. The van der Waals surface area contributed by atoms with Gasteiger partial charge in [0.25, 0.3) is 0 Å². The Balaban J connectivity index is 2.77. The van der Waals surface area contributed by atoms with Crippen LogP contribution in [0.1, 0.15) is 51.9 Å². The normalized spacial score (nSPS) is 21.4. The highest BCUT2D eigenvalue weighted by atomic mass is 19.4. The monoisotopic (exact) mass is 295 g/mol. The van der Waals surface area contributed by atoms with E-state index in [-0.39, 0.29) is 0 Å². The van der Waals surface area contributed by atoms with Gasteiger partial charge in [0.15, 0.2) is 0 Å². The maximum atomic E-state index is 12.8. The summed E-state index contributed by atoms with van der Waals surface area (Å²) in [6.45, 7) is 0.482. The average Bonchev–Trinajstić information content (AvgIpc) is 2.25. The third-order valence-electron chi connectivity index (χ3n) is 3.84. The van der Waals surface area contributed by atoms with Crippen LogP contribution in [-0.2, 0) is 9.59 Å². The molecule has 7 heteroatoms. The van der Waals surface area contributed by atoms with E-state index >= 15 is 0 Å². The Morgan fingerprint density at radius 1 is 1.05 bits per heavy atom. The largest absolute Gasteiger partial charge is 0.479 e. The SMILES string of the molecule is CC(NC(=O)C1CCCCCCC1)(C(=O)O)C(F)(F)F. The van der Waals surface area contributed by atoms with E-state index in [9.17, 15) is 22.8 Å². The molecule has 0 heterocycles. The molecule has 4 nitrogen and oxygen atoms in total. The molecule has 1 aliphatic rings. The summed E-state index contributed by atoms with van der Waals surface area (Å²) >= 11 is 0. The van der Waals surface area contributed by atoms with Crippen LogP contribution in [0.2, 0.25) is 0 Å². The zero-order valence-electron chi connectivity index (χ0n) is 11.4. The molecule has 1 saturated carbocycles. The lowest BCUT2D eigenvalue weighted by Gasteiger charge is -2.30. The summed E-state index contributed by atoms with van der Waals surface area (Å²) in [5, 5.41) is 10.5. The highest BCUT2D eigenvalue weighted by Gasteiger charge is 2.58. The van der Waals surface area contributed by atoms with Gasteiger partial charge in [-0.3, -0.25) is 4.79 Å². The van der Waals surface area contributed by atoms with Crippen molar-refractivity contribution in [1.29, 1.82) is 0 Å². The predicted octanol–water partition coefficient (Wildman–Crippen LogP) is 2.87. The van der Waals surface area contributed by atoms with Crippen molar-refractivity contribution in [3.05, 3.63) is 0 Å². The lowest BCUT2D eigenvalue weighted by molar-refractivity contribution is -0.207. The van der Waals surface area contributed by atoms with Gasteiger partial charge in [-0.15, -0.1) is 0 Å². The highest BCUT2D eigenvalue weighted by Crippen LogP contribution is 2.31. The van der Waals surface area contributed by atoms with Crippen molar-refractivity contribution in [3.8, 4) is 0 Å². The first kappa shape index (κ1) is 16.8. The van der Waals surface area contributed by atoms with E-state index < -0.39 is 29.5 Å². The summed E-state index contributed by atoms with van der Waals surface area (Å²) in [5.41, 5.74) is -3.23. The van der Waals surface area contributed by atoms with Crippen molar-refractivity contribution < 1.29 is 27.9 Å². The molecule has 1 unspecified atom stereocenters. The van der Waals surface area contributed by atoms with Gasteiger partial charge in [0, 0.05) is 5.92 Å². The smallest absolute Gasteiger partial charge is 0.422 e. The van der Waals surface area contributed by atoms with E-state index in [4.69, 9.17) is 5.11 Å². The topological polar surface area (TPSA) is 66.4 Å². The van der Waals surface area contributed by atoms with Crippen LogP contribution in [0, 0.1) is 5.92 Å². The van der Waals surface area contributed by atoms with Crippen molar-refractivity contribution in [1.82, 2.24) is 5.32 Å². The van der Waals surface area contributed by atoms with Gasteiger partial charge in [-0.05, 0) is 19.8 Å². The van der Waals surface area contributed by atoms with Crippen LogP contribution in [-0.4, -0.2) is 28.7 Å². The molecule has 1 rings (SSSR count). The van der Waals surface area contributed by atoms with E-state index in [0.717, 1.165) is 32.1 Å². The standard InChI is InChI=1S/C13H20F3NO3/c1-12(11(19)20,13(14,15)16)17-10(18)9-7-5-3-2-4-6-8-9/h9H,2-8H2,1H3,(H,17,18)(H,19,20). The van der Waals surface area contributed by atoms with Crippen LogP contribution in [0.4, 0.5) is 13.2 Å². The minimum absolute atomic E-state index is 0.482. The van der Waals surface area contributed by atoms with Gasteiger partial charge in [0.2, 0.25) is 11.4 Å². The van der Waals surface area contributed by atoms with Crippen molar-refractivity contribution in [2.24, 2.45) is 5.92 Å². The second-order valence-electron chi connectivity index (χ2n) is 5.46. The van der Waals surface area contributed by atoms with Crippen molar-refractivity contribution in [2.45, 2.75) is 63.6 Å². The first-order valence-electron chi connectivity index (χ1n) is 6.80. The van der Waals surface area contributed by atoms with E-state index in [1.54, 1.807) is 5.32 Å². The molecule has 20 heavy (non-hydrogen) atoms. The summed E-state index contributed by atoms with van der Waals surface area (Å²) < 4.78 is 38.5. The summed E-state index contributed by atoms with van der Waals surface area (Å²) in [5.74, 6) is -3.44. The molecule has 0 aromatic rings. The number of halogens is 3. The fourth-order valence-electron chi connectivity index (χ4n) is 2.31. The number of carbonyl (C=O) groups is 2. The summed E-state index contributed by atoms with van der Waals surface area (Å²) in [7, 11) is 0. The first-order valence-corrected chi connectivity index (χ1v) is 6.80. The Labute approximate surface area is 115 Å². The molecule has 116 valence electrons. The molecule has 0 aromatic carbocycles. The molecule has 1 aliphatic carbocycles. The Morgan fingerprint density at radius 3 is 1.90 bits per heavy atom. The number of amides is 1. The number of nitrogens with one attached hydrogen (secondary N) is 1. The number of hydrogen-bond donors (Lipinski definition) is 2. The van der Waals surface area contributed by atoms with E-state index in [0.29, 0.717) is 19.8 Å². The zero-order chi connectivity index (χ0) is 15.4. The molecule has 0 spiro atoms. The molecule has 1 amide bonds. The number of alkyl halides is 3. The van der Waals surface area contributed by atoms with E-state index in [1.807, 2.05) is 0 Å².